The highest BCUT2D eigenvalue weighted by atomic mass is 16.5. The number of hydrogen-bond acceptors (Lipinski definition) is 2. The average molecular weight is 233 g/mol. The fraction of sp³-hybridized carbons (Fsp3) is 0.600. The van der Waals surface area contributed by atoms with Gasteiger partial charge in [0.05, 0.1) is 12.7 Å². The molecule has 2 rings (SSSR count). The van der Waals surface area contributed by atoms with Gasteiger partial charge in [-0.25, -0.2) is 0 Å². The minimum Gasteiger partial charge on any atom is -0.372 e. The van der Waals surface area contributed by atoms with Crippen LogP contribution >= 0.6 is 0 Å². The average Bonchev–Trinajstić information content (AvgIpc) is 2.38. The van der Waals surface area contributed by atoms with Gasteiger partial charge in [0, 0.05) is 6.04 Å². The van der Waals surface area contributed by atoms with Gasteiger partial charge in [-0.15, -0.1) is 0 Å². The maximum Gasteiger partial charge on any atom is 0.0732 e. The van der Waals surface area contributed by atoms with Crippen LogP contribution in [0.2, 0.25) is 0 Å². The number of hydrogen-bond donors (Lipinski definition) is 1. The molecule has 0 spiro atoms. The van der Waals surface area contributed by atoms with Gasteiger partial charge in [-0.3, -0.25) is 0 Å². The maximum atomic E-state index is 6.05. The molecule has 1 aliphatic carbocycles. The zero-order chi connectivity index (χ0) is 12.1. The Morgan fingerprint density at radius 3 is 2.59 bits per heavy atom. The molecule has 1 N–H and O–H groups in total. The fourth-order valence-corrected chi connectivity index (χ4v) is 2.51. The van der Waals surface area contributed by atoms with E-state index >= 15 is 0 Å². The molecule has 0 aromatic heterocycles. The van der Waals surface area contributed by atoms with Crippen molar-refractivity contribution in [3.63, 3.8) is 0 Å². The number of benzene rings is 1. The van der Waals surface area contributed by atoms with E-state index < -0.39 is 0 Å². The maximum absolute atomic E-state index is 6.05. The predicted octanol–water partition coefficient (Wildman–Crippen LogP) is 3.04. The number of ether oxygens (including phenoxy) is 1. The molecule has 1 aliphatic rings. The summed E-state index contributed by atoms with van der Waals surface area (Å²) in [6.07, 6.45) is 5.45. The summed E-state index contributed by atoms with van der Waals surface area (Å²) >= 11 is 0. The molecule has 1 fully saturated rings. The fourth-order valence-electron chi connectivity index (χ4n) is 2.51. The lowest BCUT2D eigenvalue weighted by Crippen LogP contribution is -2.41. The largest absolute Gasteiger partial charge is 0.372 e. The molecule has 0 amide bonds. The highest BCUT2D eigenvalue weighted by molar-refractivity contribution is 5.20. The molecule has 17 heavy (non-hydrogen) atoms. The standard InChI is InChI=1S/C15H23NO/c1-12-7-9-13(10-8-12)11-17-15-6-4-3-5-14(15)16-2/h7-10,14-16H,3-6,11H2,1-2H3. The molecule has 1 aromatic rings. The molecule has 2 heteroatoms. The zero-order valence-corrected chi connectivity index (χ0v) is 10.9. The van der Waals surface area contributed by atoms with Gasteiger partial charge in [0.15, 0.2) is 0 Å². The molecule has 0 radical (unpaired) electrons. The Morgan fingerprint density at radius 2 is 1.88 bits per heavy atom. The lowest BCUT2D eigenvalue weighted by atomic mass is 9.92. The van der Waals surface area contributed by atoms with Crippen molar-refractivity contribution in [1.82, 2.24) is 5.32 Å². The van der Waals surface area contributed by atoms with Crippen LogP contribution in [0.25, 0.3) is 0 Å². The van der Waals surface area contributed by atoms with Gasteiger partial charge in [-0.1, -0.05) is 42.7 Å². The number of likely N-dealkylation sites (N-methyl/N-ethyl adjacent to an activating group) is 1. The molecule has 0 saturated heterocycles. The van der Waals surface area contributed by atoms with Crippen LogP contribution in [-0.2, 0) is 11.3 Å². The summed E-state index contributed by atoms with van der Waals surface area (Å²) in [5.41, 5.74) is 2.58. The summed E-state index contributed by atoms with van der Waals surface area (Å²) in [5.74, 6) is 0. The lowest BCUT2D eigenvalue weighted by molar-refractivity contribution is -0.00361. The molecular weight excluding hydrogens is 210 g/mol. The highest BCUT2D eigenvalue weighted by Crippen LogP contribution is 2.22. The topological polar surface area (TPSA) is 21.3 Å². The van der Waals surface area contributed by atoms with E-state index in [4.69, 9.17) is 4.74 Å². The van der Waals surface area contributed by atoms with Gasteiger partial charge in [-0.2, -0.15) is 0 Å². The van der Waals surface area contributed by atoms with E-state index in [-0.39, 0.29) is 0 Å². The Balaban J connectivity index is 1.86. The van der Waals surface area contributed by atoms with E-state index in [0.29, 0.717) is 12.1 Å². The van der Waals surface area contributed by atoms with Crippen LogP contribution in [-0.4, -0.2) is 19.2 Å². The molecule has 2 nitrogen and oxygen atoms in total. The summed E-state index contributed by atoms with van der Waals surface area (Å²) in [4.78, 5) is 0. The Bertz CT molecular complexity index is 333. The van der Waals surface area contributed by atoms with E-state index in [2.05, 4.69) is 36.5 Å². The Hall–Kier alpha value is -0.860. The van der Waals surface area contributed by atoms with Crippen molar-refractivity contribution in [2.45, 2.75) is 51.4 Å². The number of rotatable bonds is 4. The van der Waals surface area contributed by atoms with Crippen molar-refractivity contribution in [2.75, 3.05) is 7.05 Å². The van der Waals surface area contributed by atoms with Crippen LogP contribution in [0.5, 0.6) is 0 Å². The molecule has 1 aromatic carbocycles. The minimum absolute atomic E-state index is 0.384. The van der Waals surface area contributed by atoms with Crippen molar-refractivity contribution < 1.29 is 4.74 Å². The SMILES string of the molecule is CNC1CCCCC1OCc1ccc(C)cc1. The second-order valence-electron chi connectivity index (χ2n) is 5.01. The van der Waals surface area contributed by atoms with Crippen LogP contribution in [0.1, 0.15) is 36.8 Å². The predicted molar refractivity (Wildman–Crippen MR) is 71.1 cm³/mol. The van der Waals surface area contributed by atoms with Crippen LogP contribution in [0.4, 0.5) is 0 Å². The summed E-state index contributed by atoms with van der Waals surface area (Å²) in [6, 6.07) is 9.15. The Kier molecular flexibility index (Phi) is 4.57. The van der Waals surface area contributed by atoms with Gasteiger partial charge in [0.25, 0.3) is 0 Å². The Labute approximate surface area is 104 Å². The third-order valence-electron chi connectivity index (χ3n) is 3.66. The van der Waals surface area contributed by atoms with Crippen molar-refractivity contribution >= 4 is 0 Å². The lowest BCUT2D eigenvalue weighted by Gasteiger charge is -2.31. The van der Waals surface area contributed by atoms with E-state index in [1.165, 1.54) is 36.8 Å². The Morgan fingerprint density at radius 1 is 1.18 bits per heavy atom. The molecule has 0 aliphatic heterocycles. The third-order valence-corrected chi connectivity index (χ3v) is 3.66. The van der Waals surface area contributed by atoms with E-state index in [0.717, 1.165) is 6.61 Å². The van der Waals surface area contributed by atoms with Gasteiger partial charge >= 0.3 is 0 Å². The van der Waals surface area contributed by atoms with E-state index in [1.54, 1.807) is 0 Å². The second kappa shape index (κ2) is 6.18. The van der Waals surface area contributed by atoms with Gasteiger partial charge in [0.1, 0.15) is 0 Å². The van der Waals surface area contributed by atoms with Crippen LogP contribution in [0.3, 0.4) is 0 Å². The first-order valence-electron chi connectivity index (χ1n) is 6.64. The highest BCUT2D eigenvalue weighted by Gasteiger charge is 2.24. The monoisotopic (exact) mass is 233 g/mol. The van der Waals surface area contributed by atoms with E-state index in [9.17, 15) is 0 Å². The van der Waals surface area contributed by atoms with Crippen molar-refractivity contribution in [2.24, 2.45) is 0 Å². The smallest absolute Gasteiger partial charge is 0.0732 e. The first-order valence-corrected chi connectivity index (χ1v) is 6.64. The molecule has 0 heterocycles. The molecule has 0 bridgehead atoms. The molecule has 2 atom stereocenters. The van der Waals surface area contributed by atoms with Gasteiger partial charge < -0.3 is 10.1 Å². The molecular formula is C15H23NO. The summed E-state index contributed by atoms with van der Waals surface area (Å²) < 4.78 is 6.05. The first kappa shape index (κ1) is 12.6. The summed E-state index contributed by atoms with van der Waals surface area (Å²) in [6.45, 7) is 2.85. The van der Waals surface area contributed by atoms with Gasteiger partial charge in [-0.05, 0) is 32.4 Å². The van der Waals surface area contributed by atoms with Crippen molar-refractivity contribution in [3.05, 3.63) is 35.4 Å². The molecule has 1 saturated carbocycles. The summed E-state index contributed by atoms with van der Waals surface area (Å²) in [7, 11) is 2.04. The van der Waals surface area contributed by atoms with Crippen LogP contribution < -0.4 is 5.32 Å². The van der Waals surface area contributed by atoms with Crippen LogP contribution in [0, 0.1) is 6.92 Å². The van der Waals surface area contributed by atoms with E-state index in [1.807, 2.05) is 7.05 Å². The quantitative estimate of drug-likeness (QED) is 0.863. The third kappa shape index (κ3) is 3.55. The van der Waals surface area contributed by atoms with Crippen molar-refractivity contribution in [3.8, 4) is 0 Å². The zero-order valence-electron chi connectivity index (χ0n) is 10.9. The normalized spacial score (nSPS) is 24.8. The second-order valence-corrected chi connectivity index (χ2v) is 5.01. The molecule has 94 valence electrons. The van der Waals surface area contributed by atoms with Crippen molar-refractivity contribution in [1.29, 1.82) is 0 Å². The summed E-state index contributed by atoms with van der Waals surface area (Å²) in [5, 5.41) is 3.37. The first-order chi connectivity index (χ1) is 8.29. The van der Waals surface area contributed by atoms with Gasteiger partial charge in [0.2, 0.25) is 0 Å². The number of aryl methyl sites for hydroxylation is 1. The number of nitrogens with one attached hydrogen (secondary N) is 1. The minimum atomic E-state index is 0.384. The molecule has 2 unspecified atom stereocenters. The van der Waals surface area contributed by atoms with Crippen LogP contribution in [0.15, 0.2) is 24.3 Å².